The molecule has 1 atom stereocenters. The predicted molar refractivity (Wildman–Crippen MR) is 121 cm³/mol. The van der Waals surface area contributed by atoms with Gasteiger partial charge < -0.3 is 20.9 Å². The van der Waals surface area contributed by atoms with Crippen LogP contribution in [0.1, 0.15) is 49.3 Å². The van der Waals surface area contributed by atoms with Crippen molar-refractivity contribution in [3.63, 3.8) is 0 Å². The Balaban J connectivity index is 1.63. The molecule has 0 unspecified atom stereocenters. The number of nitrogens with zero attached hydrogens (tertiary/aromatic N) is 4. The smallest absolute Gasteiger partial charge is 0.312 e. The molecule has 31 heavy (non-hydrogen) atoms. The van der Waals surface area contributed by atoms with Gasteiger partial charge in [-0.1, -0.05) is 37.6 Å². The molecule has 0 aliphatic carbocycles. The summed E-state index contributed by atoms with van der Waals surface area (Å²) in [4.78, 5) is 37.6. The first-order valence-corrected chi connectivity index (χ1v) is 10.8. The van der Waals surface area contributed by atoms with Crippen LogP contribution in [-0.2, 0) is 4.79 Å². The number of anilines is 1. The minimum Gasteiger partial charge on any atom is -0.353 e. The van der Waals surface area contributed by atoms with Crippen molar-refractivity contribution in [3.05, 3.63) is 52.4 Å². The predicted octanol–water partition coefficient (Wildman–Crippen LogP) is 3.01. The van der Waals surface area contributed by atoms with E-state index in [1.54, 1.807) is 24.3 Å². The number of halogens is 1. The number of nitrogens with one attached hydrogen (secondary N) is 1. The van der Waals surface area contributed by atoms with Gasteiger partial charge in [-0.3, -0.25) is 4.79 Å². The normalized spacial score (nSPS) is 15.1. The molecule has 1 aromatic heterocycles. The first-order valence-electron chi connectivity index (χ1n) is 10.4. The van der Waals surface area contributed by atoms with Gasteiger partial charge in [0.05, 0.1) is 12.5 Å². The largest absolute Gasteiger partial charge is 0.353 e. The van der Waals surface area contributed by atoms with E-state index in [-0.39, 0.29) is 18.2 Å². The Morgan fingerprint density at radius 1 is 1.13 bits per heavy atom. The molecule has 3 amide bonds. The van der Waals surface area contributed by atoms with Crippen molar-refractivity contribution in [3.8, 4) is 0 Å². The van der Waals surface area contributed by atoms with Crippen molar-refractivity contribution < 1.29 is 9.59 Å². The lowest BCUT2D eigenvalue weighted by Crippen LogP contribution is -2.50. The molecule has 2 aromatic rings. The molecule has 0 saturated carbocycles. The van der Waals surface area contributed by atoms with E-state index in [9.17, 15) is 9.59 Å². The Morgan fingerprint density at radius 3 is 2.35 bits per heavy atom. The first kappa shape index (κ1) is 22.8. The number of aromatic nitrogens is 2. The van der Waals surface area contributed by atoms with Gasteiger partial charge >= 0.3 is 6.03 Å². The molecule has 3 N–H and O–H groups in total. The van der Waals surface area contributed by atoms with E-state index in [4.69, 9.17) is 22.3 Å². The highest BCUT2D eigenvalue weighted by Gasteiger charge is 2.26. The van der Waals surface area contributed by atoms with Gasteiger partial charge in [-0.25, -0.2) is 14.8 Å². The first-order chi connectivity index (χ1) is 14.7. The number of primary amides is 1. The van der Waals surface area contributed by atoms with Crippen LogP contribution in [0.3, 0.4) is 0 Å². The van der Waals surface area contributed by atoms with E-state index < -0.39 is 12.1 Å². The molecule has 9 heteroatoms. The topological polar surface area (TPSA) is 104 Å². The van der Waals surface area contributed by atoms with E-state index >= 15 is 0 Å². The van der Waals surface area contributed by atoms with Crippen LogP contribution >= 0.6 is 11.6 Å². The number of hydrogen-bond donors (Lipinski definition) is 2. The van der Waals surface area contributed by atoms with E-state index in [0.717, 1.165) is 22.9 Å². The molecule has 8 nitrogen and oxygen atoms in total. The van der Waals surface area contributed by atoms with Crippen LogP contribution in [0, 0.1) is 6.92 Å². The molecule has 1 saturated heterocycles. The molecule has 166 valence electrons. The number of nitrogens with two attached hydrogens (primary N) is 1. The fourth-order valence-corrected chi connectivity index (χ4v) is 3.73. The second kappa shape index (κ2) is 9.96. The van der Waals surface area contributed by atoms with Crippen molar-refractivity contribution in [2.45, 2.75) is 39.2 Å². The number of benzene rings is 1. The van der Waals surface area contributed by atoms with Crippen LogP contribution in [0.5, 0.6) is 0 Å². The van der Waals surface area contributed by atoms with Crippen molar-refractivity contribution >= 4 is 29.4 Å². The van der Waals surface area contributed by atoms with Crippen molar-refractivity contribution in [1.82, 2.24) is 20.2 Å². The SMILES string of the molecule is Cc1cc(N2CCN(C(=O)C[C@@H](NC(N)=O)c3ccc(Cl)cc3)CC2)nc(C(C)C)n1. The van der Waals surface area contributed by atoms with Gasteiger partial charge in [-0.2, -0.15) is 0 Å². The highest BCUT2D eigenvalue weighted by atomic mass is 35.5. The number of amides is 3. The van der Waals surface area contributed by atoms with E-state index in [1.165, 1.54) is 0 Å². The van der Waals surface area contributed by atoms with Crippen molar-refractivity contribution in [2.75, 3.05) is 31.1 Å². The number of piperazine rings is 1. The van der Waals surface area contributed by atoms with Gasteiger partial charge in [0.25, 0.3) is 0 Å². The number of carbonyl (C=O) groups excluding carboxylic acids is 2. The maximum Gasteiger partial charge on any atom is 0.312 e. The molecule has 0 spiro atoms. The maximum absolute atomic E-state index is 12.9. The fraction of sp³-hybridized carbons (Fsp3) is 0.455. The lowest BCUT2D eigenvalue weighted by molar-refractivity contribution is -0.132. The summed E-state index contributed by atoms with van der Waals surface area (Å²) in [6.07, 6.45) is 0.134. The Labute approximate surface area is 187 Å². The average Bonchev–Trinajstić information content (AvgIpc) is 2.73. The van der Waals surface area contributed by atoms with Gasteiger partial charge in [-0.05, 0) is 24.6 Å². The Morgan fingerprint density at radius 2 is 1.77 bits per heavy atom. The monoisotopic (exact) mass is 444 g/mol. The van der Waals surface area contributed by atoms with E-state index in [0.29, 0.717) is 31.2 Å². The minimum atomic E-state index is -0.669. The molecule has 0 radical (unpaired) electrons. The Hall–Kier alpha value is -2.87. The minimum absolute atomic E-state index is 0.0323. The zero-order valence-electron chi connectivity index (χ0n) is 18.1. The average molecular weight is 445 g/mol. The molecular formula is C22H29ClN6O2. The third kappa shape index (κ3) is 6.07. The maximum atomic E-state index is 12.9. The van der Waals surface area contributed by atoms with Crippen LogP contribution in [0.25, 0.3) is 0 Å². The molecule has 1 aromatic carbocycles. The summed E-state index contributed by atoms with van der Waals surface area (Å²) >= 11 is 5.95. The summed E-state index contributed by atoms with van der Waals surface area (Å²) in [6.45, 7) is 8.67. The Bertz CT molecular complexity index is 926. The van der Waals surface area contributed by atoms with Gasteiger partial charge in [0.1, 0.15) is 11.6 Å². The Kier molecular flexibility index (Phi) is 7.33. The van der Waals surface area contributed by atoms with Crippen LogP contribution in [0.4, 0.5) is 10.6 Å². The molecule has 1 fully saturated rings. The highest BCUT2D eigenvalue weighted by molar-refractivity contribution is 6.30. The number of hydrogen-bond acceptors (Lipinski definition) is 5. The second-order valence-electron chi connectivity index (χ2n) is 8.07. The summed E-state index contributed by atoms with van der Waals surface area (Å²) in [5.74, 6) is 1.95. The quantitative estimate of drug-likeness (QED) is 0.712. The zero-order chi connectivity index (χ0) is 22.5. The summed E-state index contributed by atoms with van der Waals surface area (Å²) < 4.78 is 0. The number of rotatable bonds is 6. The van der Waals surface area contributed by atoms with Gasteiger partial charge in [0.2, 0.25) is 5.91 Å². The molecule has 2 heterocycles. The van der Waals surface area contributed by atoms with Crippen LogP contribution in [-0.4, -0.2) is 53.0 Å². The van der Waals surface area contributed by atoms with E-state index in [2.05, 4.69) is 29.0 Å². The summed E-state index contributed by atoms with van der Waals surface area (Å²) in [7, 11) is 0. The number of aryl methyl sites for hydroxylation is 1. The molecular weight excluding hydrogens is 416 g/mol. The van der Waals surface area contributed by atoms with Gasteiger partial charge in [-0.15, -0.1) is 0 Å². The summed E-state index contributed by atoms with van der Waals surface area (Å²) in [5.41, 5.74) is 7.05. The third-order valence-corrected chi connectivity index (χ3v) is 5.55. The van der Waals surface area contributed by atoms with Crippen LogP contribution in [0.2, 0.25) is 5.02 Å². The summed E-state index contributed by atoms with van der Waals surface area (Å²) in [5, 5.41) is 3.25. The second-order valence-corrected chi connectivity index (χ2v) is 8.50. The molecule has 1 aliphatic rings. The van der Waals surface area contributed by atoms with Crippen LogP contribution in [0.15, 0.2) is 30.3 Å². The number of urea groups is 1. The fourth-order valence-electron chi connectivity index (χ4n) is 3.60. The standard InChI is InChI=1S/C22H29ClN6O2/c1-14(2)21-25-15(3)12-19(27-21)28-8-10-29(11-9-28)20(30)13-18(26-22(24)31)16-4-6-17(23)7-5-16/h4-7,12,14,18H,8-11,13H2,1-3H3,(H3,24,26,31)/t18-/m1/s1. The molecule has 3 rings (SSSR count). The van der Waals surface area contributed by atoms with Gasteiger partial charge in [0.15, 0.2) is 0 Å². The third-order valence-electron chi connectivity index (χ3n) is 5.30. The lowest BCUT2D eigenvalue weighted by atomic mass is 10.0. The molecule has 1 aliphatic heterocycles. The highest BCUT2D eigenvalue weighted by Crippen LogP contribution is 2.22. The van der Waals surface area contributed by atoms with E-state index in [1.807, 2.05) is 17.9 Å². The lowest BCUT2D eigenvalue weighted by Gasteiger charge is -2.36. The zero-order valence-corrected chi connectivity index (χ0v) is 18.9. The van der Waals surface area contributed by atoms with Gasteiger partial charge in [0, 0.05) is 48.9 Å². The summed E-state index contributed by atoms with van der Waals surface area (Å²) in [6, 6.07) is 7.85. The molecule has 0 bridgehead atoms. The van der Waals surface area contributed by atoms with Crippen LogP contribution < -0.4 is 16.0 Å². The number of carbonyl (C=O) groups is 2. The van der Waals surface area contributed by atoms with Crippen molar-refractivity contribution in [2.24, 2.45) is 5.73 Å². The van der Waals surface area contributed by atoms with Crippen molar-refractivity contribution in [1.29, 1.82) is 0 Å².